The minimum Gasteiger partial charge on any atom is -0.507 e. The molecule has 2 nitrogen and oxygen atoms in total. The maximum Gasteiger partial charge on any atom is 0.121 e. The van der Waals surface area contributed by atoms with Crippen LogP contribution in [-0.2, 0) is 0 Å². The van der Waals surface area contributed by atoms with Crippen molar-refractivity contribution in [3.8, 4) is 11.5 Å². The first-order valence-corrected chi connectivity index (χ1v) is 9.89. The Morgan fingerprint density at radius 1 is 0.536 bits per heavy atom. The average Bonchev–Trinajstić information content (AvgIpc) is 2.64. The summed E-state index contributed by atoms with van der Waals surface area (Å²) in [5.41, 5.74) is 8.34. The fraction of sp³-hybridized carbons (Fsp3) is 0.308. The van der Waals surface area contributed by atoms with Crippen LogP contribution in [0.25, 0.3) is 0 Å². The minimum atomic E-state index is 0.0391. The first kappa shape index (κ1) is 20.0. The zero-order valence-corrected chi connectivity index (χ0v) is 17.7. The van der Waals surface area contributed by atoms with Gasteiger partial charge in [-0.1, -0.05) is 62.4 Å². The number of rotatable bonds is 4. The van der Waals surface area contributed by atoms with Crippen LogP contribution >= 0.6 is 0 Å². The largest absolute Gasteiger partial charge is 0.507 e. The van der Waals surface area contributed by atoms with E-state index in [4.69, 9.17) is 0 Å². The fourth-order valence-electron chi connectivity index (χ4n) is 3.96. The molecule has 2 N–H and O–H groups in total. The van der Waals surface area contributed by atoms with E-state index in [0.717, 1.165) is 33.4 Å². The Balaban J connectivity index is 2.22. The van der Waals surface area contributed by atoms with Gasteiger partial charge in [0.2, 0.25) is 0 Å². The van der Waals surface area contributed by atoms with Crippen molar-refractivity contribution in [2.24, 2.45) is 0 Å². The van der Waals surface area contributed by atoms with Crippen LogP contribution in [0.3, 0.4) is 0 Å². The van der Waals surface area contributed by atoms with Crippen molar-refractivity contribution in [2.75, 3.05) is 0 Å². The number of aryl methyl sites for hydroxylation is 4. The van der Waals surface area contributed by atoms with Crippen LogP contribution in [0.15, 0.2) is 48.5 Å². The van der Waals surface area contributed by atoms with Crippen LogP contribution in [0.4, 0.5) is 0 Å². The molecule has 0 saturated carbocycles. The SMILES string of the molecule is Cc1cc(C(c2ccc(C(C)C)cc2)c2cc(C)c(O)c(C)c2)cc(C)c1O. The molecule has 0 spiro atoms. The molecule has 0 atom stereocenters. The predicted octanol–water partition coefficient (Wildman–Crippen LogP) is 6.64. The van der Waals surface area contributed by atoms with Gasteiger partial charge in [-0.3, -0.25) is 0 Å². The van der Waals surface area contributed by atoms with Gasteiger partial charge in [0.25, 0.3) is 0 Å². The van der Waals surface area contributed by atoms with Crippen LogP contribution in [0, 0.1) is 27.7 Å². The molecule has 0 aromatic heterocycles. The molecule has 0 unspecified atom stereocenters. The van der Waals surface area contributed by atoms with E-state index in [-0.39, 0.29) is 5.92 Å². The maximum absolute atomic E-state index is 10.2. The van der Waals surface area contributed by atoms with Gasteiger partial charge < -0.3 is 10.2 Å². The quantitative estimate of drug-likeness (QED) is 0.503. The number of phenolic OH excluding ortho intramolecular Hbond substituents is 2. The summed E-state index contributed by atoms with van der Waals surface area (Å²) in [5, 5.41) is 20.5. The molecule has 0 aliphatic rings. The third kappa shape index (κ3) is 3.77. The lowest BCUT2D eigenvalue weighted by Crippen LogP contribution is -2.06. The summed E-state index contributed by atoms with van der Waals surface area (Å²) in [5.74, 6) is 1.24. The van der Waals surface area contributed by atoms with Gasteiger partial charge in [0, 0.05) is 5.92 Å². The molecule has 0 aliphatic carbocycles. The molecule has 146 valence electrons. The van der Waals surface area contributed by atoms with Gasteiger partial charge in [-0.25, -0.2) is 0 Å². The Kier molecular flexibility index (Phi) is 5.51. The summed E-state index contributed by atoms with van der Waals surface area (Å²) >= 11 is 0. The first-order valence-electron chi connectivity index (χ1n) is 9.89. The number of benzene rings is 3. The van der Waals surface area contributed by atoms with E-state index < -0.39 is 0 Å². The molecule has 3 aromatic rings. The van der Waals surface area contributed by atoms with Crippen molar-refractivity contribution in [2.45, 2.75) is 53.4 Å². The highest BCUT2D eigenvalue weighted by molar-refractivity contribution is 5.53. The van der Waals surface area contributed by atoms with Gasteiger partial charge in [-0.15, -0.1) is 0 Å². The number of aromatic hydroxyl groups is 2. The summed E-state index contributed by atoms with van der Waals surface area (Å²) in [6, 6.07) is 17.1. The van der Waals surface area contributed by atoms with E-state index in [1.807, 2.05) is 27.7 Å². The molecule has 0 bridgehead atoms. The number of hydrogen-bond acceptors (Lipinski definition) is 2. The van der Waals surface area contributed by atoms with E-state index >= 15 is 0 Å². The molecule has 0 fully saturated rings. The van der Waals surface area contributed by atoms with Crippen molar-refractivity contribution in [1.29, 1.82) is 0 Å². The van der Waals surface area contributed by atoms with Crippen LogP contribution in [0.5, 0.6) is 11.5 Å². The zero-order valence-electron chi connectivity index (χ0n) is 17.7. The standard InChI is InChI=1S/C26H30O2/c1-15(2)20-7-9-21(10-8-20)24(22-11-16(3)25(27)17(4)12-22)23-13-18(5)26(28)19(6)14-23/h7-15,24,27-28H,1-6H3. The molecule has 0 saturated heterocycles. The highest BCUT2D eigenvalue weighted by Crippen LogP contribution is 2.38. The summed E-state index contributed by atoms with van der Waals surface area (Å²) < 4.78 is 0. The lowest BCUT2D eigenvalue weighted by molar-refractivity contribution is 0.466. The predicted molar refractivity (Wildman–Crippen MR) is 117 cm³/mol. The minimum absolute atomic E-state index is 0.0391. The van der Waals surface area contributed by atoms with E-state index in [1.54, 1.807) is 0 Å². The highest BCUT2D eigenvalue weighted by atomic mass is 16.3. The van der Waals surface area contributed by atoms with E-state index in [1.165, 1.54) is 11.1 Å². The topological polar surface area (TPSA) is 40.5 Å². The summed E-state index contributed by atoms with van der Waals surface area (Å²) in [7, 11) is 0. The molecule has 0 amide bonds. The molecule has 2 heteroatoms. The Hall–Kier alpha value is -2.74. The van der Waals surface area contributed by atoms with E-state index in [2.05, 4.69) is 62.4 Å². The van der Waals surface area contributed by atoms with Gasteiger partial charge in [-0.2, -0.15) is 0 Å². The van der Waals surface area contributed by atoms with Gasteiger partial charge in [0.1, 0.15) is 11.5 Å². The van der Waals surface area contributed by atoms with Crippen LogP contribution in [0.2, 0.25) is 0 Å². The zero-order chi connectivity index (χ0) is 20.6. The summed E-state index contributed by atoms with van der Waals surface area (Å²) in [4.78, 5) is 0. The van der Waals surface area contributed by atoms with E-state index in [0.29, 0.717) is 17.4 Å². The van der Waals surface area contributed by atoms with Crippen molar-refractivity contribution in [1.82, 2.24) is 0 Å². The lowest BCUT2D eigenvalue weighted by Gasteiger charge is -2.22. The van der Waals surface area contributed by atoms with Crippen molar-refractivity contribution < 1.29 is 10.2 Å². The Morgan fingerprint density at radius 3 is 1.18 bits per heavy atom. The molecule has 0 radical (unpaired) electrons. The van der Waals surface area contributed by atoms with Gasteiger partial charge >= 0.3 is 0 Å². The van der Waals surface area contributed by atoms with E-state index in [9.17, 15) is 10.2 Å². The van der Waals surface area contributed by atoms with Gasteiger partial charge in [0.05, 0.1) is 0 Å². The van der Waals surface area contributed by atoms with Crippen molar-refractivity contribution in [3.05, 3.63) is 93.0 Å². The van der Waals surface area contributed by atoms with Crippen molar-refractivity contribution in [3.63, 3.8) is 0 Å². The van der Waals surface area contributed by atoms with Gasteiger partial charge in [-0.05, 0) is 78.1 Å². The molecular weight excluding hydrogens is 344 g/mol. The third-order valence-electron chi connectivity index (χ3n) is 5.63. The van der Waals surface area contributed by atoms with Crippen LogP contribution in [-0.4, -0.2) is 10.2 Å². The number of hydrogen-bond donors (Lipinski definition) is 2. The highest BCUT2D eigenvalue weighted by Gasteiger charge is 2.20. The van der Waals surface area contributed by atoms with Crippen LogP contribution < -0.4 is 0 Å². The second kappa shape index (κ2) is 7.71. The maximum atomic E-state index is 10.2. The molecule has 28 heavy (non-hydrogen) atoms. The molecule has 0 aliphatic heterocycles. The van der Waals surface area contributed by atoms with Crippen molar-refractivity contribution >= 4 is 0 Å². The average molecular weight is 375 g/mol. The Morgan fingerprint density at radius 2 is 0.857 bits per heavy atom. The summed E-state index contributed by atoms with van der Waals surface area (Å²) in [6.45, 7) is 12.2. The monoisotopic (exact) mass is 374 g/mol. The third-order valence-corrected chi connectivity index (χ3v) is 5.63. The fourth-order valence-corrected chi connectivity index (χ4v) is 3.96. The summed E-state index contributed by atoms with van der Waals surface area (Å²) in [6.07, 6.45) is 0. The normalized spacial score (nSPS) is 11.4. The van der Waals surface area contributed by atoms with Crippen LogP contribution in [0.1, 0.15) is 70.2 Å². The second-order valence-corrected chi connectivity index (χ2v) is 8.26. The second-order valence-electron chi connectivity index (χ2n) is 8.26. The molecule has 3 aromatic carbocycles. The molecule has 0 heterocycles. The first-order chi connectivity index (χ1) is 13.2. The molecule has 3 rings (SSSR count). The number of phenols is 2. The Bertz CT molecular complexity index is 894. The van der Waals surface area contributed by atoms with Gasteiger partial charge in [0.15, 0.2) is 0 Å². The smallest absolute Gasteiger partial charge is 0.121 e. The molecular formula is C26H30O2. The Labute approximate surface area is 168 Å². The lowest BCUT2D eigenvalue weighted by atomic mass is 9.82.